The van der Waals surface area contributed by atoms with Crippen LogP contribution in [-0.2, 0) is 6.42 Å². The number of anilines is 1. The third-order valence-corrected chi connectivity index (χ3v) is 1.67. The van der Waals surface area contributed by atoms with E-state index in [2.05, 4.69) is 4.98 Å². The zero-order valence-corrected chi connectivity index (χ0v) is 5.48. The maximum absolute atomic E-state index is 8.20. The Balaban J connectivity index is 2.76. The summed E-state index contributed by atoms with van der Waals surface area (Å²) in [6.07, 6.45) is 0.363. The molecule has 0 spiro atoms. The first-order valence-corrected chi connectivity index (χ1v) is 3.27. The minimum Gasteiger partial charge on any atom is -0.383 e. The first-order valence-electron chi connectivity index (χ1n) is 2.40. The van der Waals surface area contributed by atoms with Crippen LogP contribution in [0.1, 0.15) is 5.01 Å². The van der Waals surface area contributed by atoms with Gasteiger partial charge in [0.1, 0.15) is 10.8 Å². The van der Waals surface area contributed by atoms with Gasteiger partial charge in [-0.25, -0.2) is 4.98 Å². The van der Waals surface area contributed by atoms with Gasteiger partial charge in [0.2, 0.25) is 0 Å². The van der Waals surface area contributed by atoms with E-state index in [1.165, 1.54) is 11.3 Å². The highest BCUT2D eigenvalue weighted by Gasteiger charge is 1.95. The first kappa shape index (κ1) is 6.05. The molecule has 0 unspecified atom stereocenters. The number of nitriles is 1. The van der Waals surface area contributed by atoms with E-state index in [1.54, 1.807) is 5.38 Å². The number of aromatic nitrogens is 1. The lowest BCUT2D eigenvalue weighted by molar-refractivity contribution is 1.19. The maximum Gasteiger partial charge on any atom is 0.134 e. The molecule has 0 saturated carbocycles. The average Bonchev–Trinajstić information content (AvgIpc) is 2.17. The van der Waals surface area contributed by atoms with E-state index >= 15 is 0 Å². The molecule has 0 aliphatic heterocycles. The topological polar surface area (TPSA) is 62.7 Å². The number of nitrogen functional groups attached to an aromatic ring is 1. The molecule has 9 heavy (non-hydrogen) atoms. The highest BCUT2D eigenvalue weighted by molar-refractivity contribution is 7.10. The standard InChI is InChI=1S/C5H5N3S/c6-2-1-5-8-4(7)3-9-5/h3H,1,7H2. The number of nitrogens with zero attached hydrogens (tertiary/aromatic N) is 2. The highest BCUT2D eigenvalue weighted by atomic mass is 32.1. The molecule has 0 atom stereocenters. The molecule has 4 heteroatoms. The molecular weight excluding hydrogens is 134 g/mol. The Morgan fingerprint density at radius 2 is 2.67 bits per heavy atom. The van der Waals surface area contributed by atoms with Crippen molar-refractivity contribution in [1.29, 1.82) is 5.26 Å². The second-order valence-electron chi connectivity index (χ2n) is 1.50. The molecular formula is C5H5N3S. The van der Waals surface area contributed by atoms with Gasteiger partial charge in [-0.15, -0.1) is 11.3 Å². The highest BCUT2D eigenvalue weighted by Crippen LogP contribution is 2.10. The minimum absolute atomic E-state index is 0.363. The monoisotopic (exact) mass is 139 g/mol. The summed E-state index contributed by atoms with van der Waals surface area (Å²) in [7, 11) is 0. The molecule has 1 heterocycles. The predicted molar refractivity (Wildman–Crippen MR) is 35.8 cm³/mol. The predicted octanol–water partition coefficient (Wildman–Crippen LogP) is 0.791. The Hall–Kier alpha value is -1.08. The Morgan fingerprint density at radius 3 is 3.11 bits per heavy atom. The Morgan fingerprint density at radius 1 is 1.89 bits per heavy atom. The number of rotatable bonds is 1. The van der Waals surface area contributed by atoms with Crippen LogP contribution in [0.4, 0.5) is 5.82 Å². The quantitative estimate of drug-likeness (QED) is 0.625. The summed E-state index contributed by atoms with van der Waals surface area (Å²) in [5.74, 6) is 0.505. The fraction of sp³-hybridized carbons (Fsp3) is 0.200. The van der Waals surface area contributed by atoms with Crippen LogP contribution in [-0.4, -0.2) is 4.98 Å². The number of hydrogen-bond donors (Lipinski definition) is 1. The van der Waals surface area contributed by atoms with Crippen LogP contribution < -0.4 is 5.73 Å². The smallest absolute Gasteiger partial charge is 0.134 e. The third kappa shape index (κ3) is 1.40. The van der Waals surface area contributed by atoms with Crippen molar-refractivity contribution in [3.05, 3.63) is 10.4 Å². The summed E-state index contributed by atoms with van der Waals surface area (Å²) in [6, 6.07) is 1.99. The molecule has 3 nitrogen and oxygen atoms in total. The van der Waals surface area contributed by atoms with Crippen molar-refractivity contribution in [2.24, 2.45) is 0 Å². The zero-order chi connectivity index (χ0) is 6.69. The summed E-state index contributed by atoms with van der Waals surface area (Å²) in [5.41, 5.74) is 5.30. The van der Waals surface area contributed by atoms with Gasteiger partial charge < -0.3 is 5.73 Å². The van der Waals surface area contributed by atoms with E-state index in [0.717, 1.165) is 5.01 Å². The maximum atomic E-state index is 8.20. The SMILES string of the molecule is N#CCc1nc(N)cs1. The van der Waals surface area contributed by atoms with Crippen LogP contribution in [0.5, 0.6) is 0 Å². The molecule has 2 N–H and O–H groups in total. The molecule has 46 valence electrons. The Labute approximate surface area is 56.8 Å². The second kappa shape index (κ2) is 2.46. The van der Waals surface area contributed by atoms with Gasteiger partial charge in [-0.3, -0.25) is 0 Å². The van der Waals surface area contributed by atoms with Gasteiger partial charge >= 0.3 is 0 Å². The second-order valence-corrected chi connectivity index (χ2v) is 2.44. The summed E-state index contributed by atoms with van der Waals surface area (Å²) in [6.45, 7) is 0. The van der Waals surface area contributed by atoms with Gasteiger partial charge in [0.05, 0.1) is 12.5 Å². The summed E-state index contributed by atoms with van der Waals surface area (Å²) in [5, 5.41) is 10.7. The van der Waals surface area contributed by atoms with Crippen molar-refractivity contribution in [3.8, 4) is 6.07 Å². The molecule has 0 aliphatic carbocycles. The van der Waals surface area contributed by atoms with Gasteiger partial charge in [-0.1, -0.05) is 0 Å². The fourth-order valence-electron chi connectivity index (χ4n) is 0.474. The number of hydrogen-bond acceptors (Lipinski definition) is 4. The zero-order valence-electron chi connectivity index (χ0n) is 4.66. The van der Waals surface area contributed by atoms with Crippen LogP contribution in [0, 0.1) is 11.3 Å². The molecule has 0 aromatic carbocycles. The largest absolute Gasteiger partial charge is 0.383 e. The molecule has 1 rings (SSSR count). The fourth-order valence-corrected chi connectivity index (χ4v) is 1.09. The Bertz CT molecular complexity index is 235. The summed E-state index contributed by atoms with van der Waals surface area (Å²) >= 11 is 1.42. The van der Waals surface area contributed by atoms with E-state index in [4.69, 9.17) is 11.0 Å². The van der Waals surface area contributed by atoms with Gasteiger partial charge in [0, 0.05) is 5.38 Å². The van der Waals surface area contributed by atoms with E-state index < -0.39 is 0 Å². The molecule has 0 aliphatic rings. The van der Waals surface area contributed by atoms with Crippen molar-refractivity contribution < 1.29 is 0 Å². The third-order valence-electron chi connectivity index (χ3n) is 0.800. The van der Waals surface area contributed by atoms with Gasteiger partial charge in [-0.05, 0) is 0 Å². The lowest BCUT2D eigenvalue weighted by atomic mass is 10.5. The summed E-state index contributed by atoms with van der Waals surface area (Å²) in [4.78, 5) is 3.87. The minimum atomic E-state index is 0.363. The van der Waals surface area contributed by atoms with Crippen molar-refractivity contribution in [2.75, 3.05) is 5.73 Å². The van der Waals surface area contributed by atoms with Gasteiger partial charge in [-0.2, -0.15) is 5.26 Å². The van der Waals surface area contributed by atoms with E-state index in [1.807, 2.05) is 6.07 Å². The van der Waals surface area contributed by atoms with Crippen LogP contribution >= 0.6 is 11.3 Å². The van der Waals surface area contributed by atoms with Crippen LogP contribution in [0.2, 0.25) is 0 Å². The van der Waals surface area contributed by atoms with Crippen LogP contribution in [0.25, 0.3) is 0 Å². The van der Waals surface area contributed by atoms with Crippen molar-refractivity contribution in [2.45, 2.75) is 6.42 Å². The molecule has 1 aromatic heterocycles. The molecule has 0 fully saturated rings. The van der Waals surface area contributed by atoms with Crippen molar-refractivity contribution in [1.82, 2.24) is 4.98 Å². The van der Waals surface area contributed by atoms with Crippen LogP contribution in [0.3, 0.4) is 0 Å². The summed E-state index contributed by atoms with van der Waals surface area (Å²) < 4.78 is 0. The van der Waals surface area contributed by atoms with E-state index in [0.29, 0.717) is 12.2 Å². The normalized spacial score (nSPS) is 8.78. The lowest BCUT2D eigenvalue weighted by Crippen LogP contribution is -1.84. The number of thiazole rings is 1. The van der Waals surface area contributed by atoms with Gasteiger partial charge in [0.15, 0.2) is 0 Å². The Kier molecular flexibility index (Phi) is 1.66. The molecule has 0 saturated heterocycles. The van der Waals surface area contributed by atoms with E-state index in [-0.39, 0.29) is 0 Å². The molecule has 0 radical (unpaired) electrons. The number of nitrogens with two attached hydrogens (primary N) is 1. The molecule has 0 amide bonds. The molecule has 0 bridgehead atoms. The first-order chi connectivity index (χ1) is 4.33. The van der Waals surface area contributed by atoms with Crippen molar-refractivity contribution in [3.63, 3.8) is 0 Å². The van der Waals surface area contributed by atoms with Gasteiger partial charge in [0.25, 0.3) is 0 Å². The van der Waals surface area contributed by atoms with Crippen LogP contribution in [0.15, 0.2) is 5.38 Å². The molecule has 1 aromatic rings. The lowest BCUT2D eigenvalue weighted by Gasteiger charge is -1.77. The van der Waals surface area contributed by atoms with Crippen molar-refractivity contribution >= 4 is 17.2 Å². The average molecular weight is 139 g/mol. The van der Waals surface area contributed by atoms with E-state index in [9.17, 15) is 0 Å².